The molecule has 6 aromatic rings. The number of hydrogen-bond acceptors (Lipinski definition) is 24. The lowest BCUT2D eigenvalue weighted by molar-refractivity contribution is -0.139. The number of alkyl halides is 5. The van der Waals surface area contributed by atoms with Crippen molar-refractivity contribution in [3.05, 3.63) is 186 Å². The summed E-state index contributed by atoms with van der Waals surface area (Å²) < 4.78 is 133. The molecule has 0 bridgehead atoms. The van der Waals surface area contributed by atoms with Crippen LogP contribution in [0.3, 0.4) is 0 Å². The lowest BCUT2D eigenvalue weighted by Crippen LogP contribution is -2.44. The van der Waals surface area contributed by atoms with Crippen LogP contribution >= 0.6 is 77.5 Å². The average Bonchev–Trinajstić information content (AvgIpc) is 1.36. The van der Waals surface area contributed by atoms with Gasteiger partial charge in [-0.1, -0.05) is 96.3 Å². The number of carbonyl (C=O) groups is 6. The van der Waals surface area contributed by atoms with Gasteiger partial charge in [-0.15, -0.1) is 34.0 Å². The third-order valence-corrected chi connectivity index (χ3v) is 24.5. The highest BCUT2D eigenvalue weighted by atomic mass is 79.9. The molecule has 0 radical (unpaired) electrons. The highest BCUT2D eigenvalue weighted by Gasteiger charge is 2.60. The van der Waals surface area contributed by atoms with E-state index in [1.165, 1.54) is 107 Å². The molecule has 38 heteroatoms. The molecule has 0 spiro atoms. The quantitative estimate of drug-likeness (QED) is 0.0167. The van der Waals surface area contributed by atoms with Gasteiger partial charge in [0.1, 0.15) is 41.7 Å². The maximum absolute atomic E-state index is 15.2. The summed E-state index contributed by atoms with van der Waals surface area (Å²) in [6.45, 7) is 10.3. The Kier molecular flexibility index (Phi) is 28.7. The largest absolute Gasteiger partial charge is 0.481 e. The van der Waals surface area contributed by atoms with Crippen molar-refractivity contribution >= 4 is 131 Å². The molecule has 3 unspecified atom stereocenters. The number of carboxylic acid groups (broad SMARTS) is 3. The molecule has 6 aliphatic rings. The second kappa shape index (κ2) is 37.2. The van der Waals surface area contributed by atoms with Crippen LogP contribution in [-0.2, 0) is 43.0 Å². The lowest BCUT2D eigenvalue weighted by atomic mass is 9.79. The van der Waals surface area contributed by atoms with E-state index in [9.17, 15) is 66.0 Å². The van der Waals surface area contributed by atoms with Gasteiger partial charge in [-0.25, -0.2) is 64.5 Å². The number of amidine groups is 3. The van der Waals surface area contributed by atoms with E-state index in [1.807, 2.05) is 4.90 Å². The van der Waals surface area contributed by atoms with Gasteiger partial charge < -0.3 is 45.5 Å². The van der Waals surface area contributed by atoms with Gasteiger partial charge >= 0.3 is 35.8 Å². The van der Waals surface area contributed by atoms with Gasteiger partial charge in [0.15, 0.2) is 32.5 Å². The summed E-state index contributed by atoms with van der Waals surface area (Å²) in [6, 6.07) is 7.05. The third-order valence-electron chi connectivity index (χ3n) is 20.5. The van der Waals surface area contributed by atoms with Crippen LogP contribution in [-0.4, -0.2) is 194 Å². The zero-order chi connectivity index (χ0) is 83.1. The zero-order valence-electron chi connectivity index (χ0n) is 62.6. The van der Waals surface area contributed by atoms with Crippen LogP contribution in [0.25, 0.3) is 0 Å². The SMILES string of the molecule is CCOC(=O)C1=C(CN2CC(F)(F)C(C)(C)[C@@H]2CCC(=O)O)NC(c2nccs2)=N[C@H]1c1ccc(F)cc1Br.CCOC(=O)C1=C(CN2CC(F)C(C)(C)C2CCC(=O)O)NC(c2nccs2)=N[C@H]1c1ccc(F)cc1Br.COC(=O)C1=C(CN2CC(F)(F)C[C@@H]2C(C)CC(=O)O)NC(c2nccs2)=N[C@H]1c1ccc(F)cc1Cl. The number of aromatic nitrogens is 3. The minimum atomic E-state index is -3.11. The number of carbonyl (C=O) groups excluding carboxylic acids is 3. The van der Waals surface area contributed by atoms with Crippen molar-refractivity contribution in [2.24, 2.45) is 31.7 Å². The monoisotopic (exact) mass is 1790 g/mol. The number of benzene rings is 3. The van der Waals surface area contributed by atoms with E-state index in [2.05, 4.69) is 67.8 Å². The van der Waals surface area contributed by atoms with Crippen LogP contribution in [0, 0.1) is 34.2 Å². The summed E-state index contributed by atoms with van der Waals surface area (Å²) in [4.78, 5) is 106. The summed E-state index contributed by atoms with van der Waals surface area (Å²) in [6.07, 6.45) is 2.67. The summed E-state index contributed by atoms with van der Waals surface area (Å²) in [5.74, 6) is -12.4. The van der Waals surface area contributed by atoms with Crippen molar-refractivity contribution in [2.75, 3.05) is 59.6 Å². The van der Waals surface area contributed by atoms with E-state index >= 15 is 13.2 Å². The Morgan fingerprint density at radius 1 is 0.596 bits per heavy atom. The molecule has 6 aliphatic heterocycles. The molecule has 0 aliphatic carbocycles. The van der Waals surface area contributed by atoms with Crippen molar-refractivity contribution in [1.29, 1.82) is 0 Å². The fourth-order valence-corrected chi connectivity index (χ4v) is 17.9. The summed E-state index contributed by atoms with van der Waals surface area (Å²) in [5, 5.41) is 44.1. The van der Waals surface area contributed by atoms with Crippen molar-refractivity contribution in [2.45, 2.75) is 141 Å². The van der Waals surface area contributed by atoms with E-state index in [0.717, 1.165) is 6.07 Å². The Balaban J connectivity index is 0.000000181. The number of nitrogens with zero attached hydrogens (tertiary/aromatic N) is 9. The van der Waals surface area contributed by atoms with E-state index in [-0.39, 0.29) is 117 Å². The van der Waals surface area contributed by atoms with E-state index in [4.69, 9.17) is 35.8 Å². The molecule has 24 nitrogen and oxygen atoms in total. The fraction of sp³-hybridized carbons (Fsp3) is 0.447. The maximum Gasteiger partial charge on any atom is 0.338 e. The van der Waals surface area contributed by atoms with E-state index < -0.39 is 138 Å². The molecule has 612 valence electrons. The molecule has 3 saturated heterocycles. The lowest BCUT2D eigenvalue weighted by Gasteiger charge is -2.35. The topological polar surface area (TPSA) is 312 Å². The molecule has 0 saturated carbocycles. The van der Waals surface area contributed by atoms with Gasteiger partial charge in [0.25, 0.3) is 11.8 Å². The summed E-state index contributed by atoms with van der Waals surface area (Å²) in [5.41, 5.74) is 0.341. The zero-order valence-corrected chi connectivity index (χ0v) is 69.0. The molecule has 114 heavy (non-hydrogen) atoms. The van der Waals surface area contributed by atoms with Crippen molar-refractivity contribution < 1.29 is 93.4 Å². The molecular formula is C76H81Br2ClF8N12O12S3. The third kappa shape index (κ3) is 20.3. The second-order valence-electron chi connectivity index (χ2n) is 28.7. The van der Waals surface area contributed by atoms with Crippen molar-refractivity contribution in [3.8, 4) is 0 Å². The maximum atomic E-state index is 15.2. The number of hydrogen-bond donors (Lipinski definition) is 6. The molecule has 3 aromatic heterocycles. The standard InChI is InChI=1S/C26H28BrF3N4O4S.C26H29BrF2N4O4S.C24H24ClF3N4O4S/c1-4-38-24(37)20-17(12-34-13-26(29,30)25(2,3)18(34)7-8-19(35)36)32-22(23-31-9-10-39-23)33-21(20)15-6-5-14(28)11-16(15)27;1-4-37-25(36)21-17(12-33-13-18(29)26(2,3)19(33)7-8-20(34)35)31-23(24-30-9-10-38-24)32-22(21)15-6-5-14(28)11-16(15)27;1-12(7-18(33)34)17-9-24(27,28)11-32(17)10-16-19(23(35)36-2)20(14-4-3-13(26)8-15(14)25)31-21(30-16)22-29-5-6-37-22/h5-6,9-11,18,21H,4,7-8,12-13H2,1-3H3,(H,32,33)(H,35,36);5-6,9-11,18-19,22H,4,7-8,12-13H2,1-3H3,(H,31,32)(H,34,35);3-6,8,12,17,20H,7,9-11H2,1-2H3,(H,30,31)(H,33,34)/t18-,21-;18?,19?,22-;12?,17-,20+/m001/s1. The van der Waals surface area contributed by atoms with Crippen molar-refractivity contribution in [3.63, 3.8) is 0 Å². The van der Waals surface area contributed by atoms with Crippen LogP contribution in [0.15, 0.2) is 147 Å². The first kappa shape index (κ1) is 87.9. The molecular weight excluding hydrogens is 1720 g/mol. The molecule has 3 fully saturated rings. The Morgan fingerprint density at radius 2 is 1.01 bits per heavy atom. The smallest absolute Gasteiger partial charge is 0.338 e. The number of esters is 3. The van der Waals surface area contributed by atoms with Crippen molar-refractivity contribution in [1.82, 2.24) is 45.6 Å². The molecule has 0 amide bonds. The molecule has 8 atom stereocenters. The van der Waals surface area contributed by atoms with Crippen LogP contribution < -0.4 is 16.0 Å². The Labute approximate surface area is 684 Å². The molecule has 12 rings (SSSR count). The van der Waals surface area contributed by atoms with E-state index in [0.29, 0.717) is 58.0 Å². The predicted molar refractivity (Wildman–Crippen MR) is 418 cm³/mol. The van der Waals surface area contributed by atoms with Crippen LogP contribution in [0.4, 0.5) is 35.1 Å². The summed E-state index contributed by atoms with van der Waals surface area (Å²) >= 11 is 17.0. The Morgan fingerprint density at radius 3 is 1.41 bits per heavy atom. The van der Waals surface area contributed by atoms with Gasteiger partial charge in [-0.2, -0.15) is 0 Å². The number of thiazole rings is 3. The van der Waals surface area contributed by atoms with Crippen LogP contribution in [0.1, 0.15) is 137 Å². The number of nitrogens with one attached hydrogen (secondary N) is 3. The number of methoxy groups -OCH3 is 1. The number of carboxylic acids is 3. The normalized spacial score (nSPS) is 22.7. The highest BCUT2D eigenvalue weighted by molar-refractivity contribution is 9.10. The van der Waals surface area contributed by atoms with Crippen LogP contribution in [0.2, 0.25) is 5.02 Å². The number of aliphatic carboxylic acids is 3. The average molecular weight is 1800 g/mol. The highest BCUT2D eigenvalue weighted by Crippen LogP contribution is 2.51. The molecule has 3 aromatic carbocycles. The van der Waals surface area contributed by atoms with Gasteiger partial charge in [-0.3, -0.25) is 44.1 Å². The number of ether oxygens (including phenoxy) is 3. The first-order valence-corrected chi connectivity index (χ1v) is 40.4. The molecule has 9 heterocycles. The Bertz CT molecular complexity index is 4770. The first-order valence-electron chi connectivity index (χ1n) is 35.8. The number of likely N-dealkylation sites (tertiary alicyclic amines) is 3. The molecule has 6 N–H and O–H groups in total. The van der Waals surface area contributed by atoms with Gasteiger partial charge in [0.05, 0.1) is 50.1 Å². The van der Waals surface area contributed by atoms with Crippen LogP contribution in [0.5, 0.6) is 0 Å². The first-order chi connectivity index (χ1) is 53.9. The number of rotatable bonds is 26. The van der Waals surface area contributed by atoms with E-state index in [1.54, 1.807) is 75.4 Å². The summed E-state index contributed by atoms with van der Waals surface area (Å²) in [7, 11) is 1.18. The second-order valence-corrected chi connectivity index (χ2v) is 33.5. The van der Waals surface area contributed by atoms with Gasteiger partial charge in [-0.05, 0) is 80.1 Å². The number of aliphatic imine (C=N–C) groups is 3. The fourth-order valence-electron chi connectivity index (χ4n) is 14.7. The predicted octanol–water partition coefficient (Wildman–Crippen LogP) is 14.3. The minimum Gasteiger partial charge on any atom is -0.481 e. The van der Waals surface area contributed by atoms with Gasteiger partial charge in [0, 0.05) is 152 Å². The number of halogens is 11. The minimum absolute atomic E-state index is 0.000306. The Hall–Kier alpha value is -8.43. The van der Waals surface area contributed by atoms with Gasteiger partial charge in [0.2, 0.25) is 0 Å².